The van der Waals surface area contributed by atoms with Crippen LogP contribution in [0.25, 0.3) is 11.1 Å². The normalized spacial score (nSPS) is 21.1. The second-order valence-corrected chi connectivity index (χ2v) is 9.25. The molecule has 0 aliphatic heterocycles. The number of fused-ring (bicyclic) bond motifs is 1. The monoisotopic (exact) mass is 450 g/mol. The third-order valence-electron chi connectivity index (χ3n) is 4.99. The van der Waals surface area contributed by atoms with Crippen molar-refractivity contribution in [3.05, 3.63) is 24.0 Å². The van der Waals surface area contributed by atoms with E-state index in [1.54, 1.807) is 6.21 Å². The average molecular weight is 450 g/mol. The van der Waals surface area contributed by atoms with Gasteiger partial charge in [-0.15, -0.1) is 0 Å². The smallest absolute Gasteiger partial charge is 0.402 e. The Morgan fingerprint density at radius 3 is 2.67 bits per heavy atom. The van der Waals surface area contributed by atoms with Crippen LogP contribution in [0.1, 0.15) is 25.7 Å². The molecule has 1 aliphatic carbocycles. The van der Waals surface area contributed by atoms with Crippen LogP contribution < -0.4 is 4.72 Å². The van der Waals surface area contributed by atoms with E-state index in [9.17, 15) is 26.0 Å². The van der Waals surface area contributed by atoms with E-state index in [1.165, 1.54) is 18.2 Å². The molecule has 0 amide bonds. The van der Waals surface area contributed by atoms with Crippen molar-refractivity contribution in [3.63, 3.8) is 0 Å². The van der Waals surface area contributed by atoms with E-state index >= 15 is 0 Å². The molecule has 1 fully saturated rings. The van der Waals surface area contributed by atoms with E-state index < -0.39 is 28.7 Å². The SMILES string of the molecule is CN(CC(F)(F)F)S(=O)(=O)NCC1CCC(C=Nc2nc3ccc(F)cc3o2)CC1. The van der Waals surface area contributed by atoms with Gasteiger partial charge in [0, 0.05) is 25.9 Å². The quantitative estimate of drug-likeness (QED) is 0.513. The van der Waals surface area contributed by atoms with Gasteiger partial charge in [-0.1, -0.05) is 0 Å². The fraction of sp³-hybridized carbons (Fsp3) is 0.556. The Hall–Kier alpha value is -2.05. The molecule has 0 bridgehead atoms. The lowest BCUT2D eigenvalue weighted by molar-refractivity contribution is -0.134. The van der Waals surface area contributed by atoms with Crippen molar-refractivity contribution < 1.29 is 30.4 Å². The maximum atomic E-state index is 13.2. The maximum Gasteiger partial charge on any atom is 0.402 e. The number of oxazole rings is 1. The van der Waals surface area contributed by atoms with Crippen LogP contribution in [0.5, 0.6) is 0 Å². The molecule has 1 aromatic carbocycles. The minimum atomic E-state index is -4.59. The standard InChI is InChI=1S/C18H22F4N4O3S/c1-26(11-18(20,21)22)30(27,28)24-10-13-4-2-12(3-5-13)9-23-17-25-15-7-6-14(19)8-16(15)29-17/h6-9,12-13,24H,2-5,10-11H2,1H3. The highest BCUT2D eigenvalue weighted by Gasteiger charge is 2.34. The Kier molecular flexibility index (Phi) is 6.78. The van der Waals surface area contributed by atoms with Gasteiger partial charge in [-0.2, -0.15) is 30.9 Å². The van der Waals surface area contributed by atoms with Gasteiger partial charge in [0.05, 0.1) is 0 Å². The highest BCUT2D eigenvalue weighted by atomic mass is 32.2. The lowest BCUT2D eigenvalue weighted by Crippen LogP contribution is -2.44. The molecule has 30 heavy (non-hydrogen) atoms. The molecule has 1 heterocycles. The van der Waals surface area contributed by atoms with Gasteiger partial charge in [0.25, 0.3) is 10.2 Å². The fourth-order valence-corrected chi connectivity index (χ4v) is 4.31. The van der Waals surface area contributed by atoms with Gasteiger partial charge in [0.2, 0.25) is 0 Å². The summed E-state index contributed by atoms with van der Waals surface area (Å²) >= 11 is 0. The number of halogens is 4. The minimum Gasteiger partial charge on any atom is -0.422 e. The molecule has 1 aliphatic rings. The van der Waals surface area contributed by atoms with Crippen LogP contribution in [-0.2, 0) is 10.2 Å². The molecule has 12 heteroatoms. The summed E-state index contributed by atoms with van der Waals surface area (Å²) in [7, 11) is -3.29. The van der Waals surface area contributed by atoms with Crippen LogP contribution >= 0.6 is 0 Å². The molecule has 0 radical (unpaired) electrons. The second kappa shape index (κ2) is 8.98. The van der Waals surface area contributed by atoms with Gasteiger partial charge in [0.15, 0.2) is 5.58 Å². The number of aliphatic imine (C=N–C) groups is 1. The summed E-state index contributed by atoms with van der Waals surface area (Å²) in [6.07, 6.45) is 0.0521. The number of hydrogen-bond acceptors (Lipinski definition) is 5. The molecule has 1 saturated carbocycles. The highest BCUT2D eigenvalue weighted by molar-refractivity contribution is 7.87. The predicted molar refractivity (Wildman–Crippen MR) is 103 cm³/mol. The number of hydrogen-bond donors (Lipinski definition) is 1. The van der Waals surface area contributed by atoms with Crippen molar-refractivity contribution in [2.75, 3.05) is 20.1 Å². The molecule has 0 saturated heterocycles. The Morgan fingerprint density at radius 2 is 2.00 bits per heavy atom. The Labute approximate surface area is 171 Å². The van der Waals surface area contributed by atoms with Crippen molar-refractivity contribution in [1.82, 2.24) is 14.0 Å². The summed E-state index contributed by atoms with van der Waals surface area (Å²) in [5.74, 6) is -0.235. The molecule has 0 atom stereocenters. The maximum absolute atomic E-state index is 13.2. The average Bonchev–Trinajstić information content (AvgIpc) is 3.06. The summed E-state index contributed by atoms with van der Waals surface area (Å²) in [4.78, 5) is 8.37. The molecule has 2 aromatic rings. The summed E-state index contributed by atoms with van der Waals surface area (Å²) in [5, 5.41) is 0. The highest BCUT2D eigenvalue weighted by Crippen LogP contribution is 2.29. The fourth-order valence-electron chi connectivity index (χ4n) is 3.32. The molecule has 3 rings (SSSR count). The first-order chi connectivity index (χ1) is 14.0. The van der Waals surface area contributed by atoms with Gasteiger partial charge < -0.3 is 4.42 Å². The van der Waals surface area contributed by atoms with Crippen molar-refractivity contribution in [2.24, 2.45) is 16.8 Å². The summed E-state index contributed by atoms with van der Waals surface area (Å²) in [6, 6.07) is 4.17. The lowest BCUT2D eigenvalue weighted by atomic mass is 9.83. The van der Waals surface area contributed by atoms with Crippen molar-refractivity contribution in [2.45, 2.75) is 31.9 Å². The third kappa shape index (κ3) is 6.22. The summed E-state index contributed by atoms with van der Waals surface area (Å²) < 4.78 is 82.1. The zero-order chi connectivity index (χ0) is 21.9. The minimum absolute atomic E-state index is 0.0380. The lowest BCUT2D eigenvalue weighted by Gasteiger charge is -2.27. The first-order valence-electron chi connectivity index (χ1n) is 9.40. The van der Waals surface area contributed by atoms with Crippen molar-refractivity contribution in [3.8, 4) is 0 Å². The molecule has 7 nitrogen and oxygen atoms in total. The molecule has 166 valence electrons. The van der Waals surface area contributed by atoms with E-state index in [1.807, 2.05) is 0 Å². The van der Waals surface area contributed by atoms with Gasteiger partial charge in [-0.25, -0.2) is 14.1 Å². The number of benzene rings is 1. The second-order valence-electron chi connectivity index (χ2n) is 7.39. The largest absolute Gasteiger partial charge is 0.422 e. The Morgan fingerprint density at radius 1 is 1.30 bits per heavy atom. The van der Waals surface area contributed by atoms with E-state index in [-0.39, 0.29) is 28.7 Å². The Bertz CT molecular complexity index is 999. The first kappa shape index (κ1) is 22.6. The number of nitrogens with one attached hydrogen (secondary N) is 1. The number of rotatable bonds is 7. The zero-order valence-corrected chi connectivity index (χ0v) is 17.0. The molecular formula is C18H22F4N4O3S. The van der Waals surface area contributed by atoms with Gasteiger partial charge in [-0.05, 0) is 49.7 Å². The number of alkyl halides is 3. The van der Waals surface area contributed by atoms with Gasteiger partial charge in [-0.3, -0.25) is 0 Å². The van der Waals surface area contributed by atoms with E-state index in [0.717, 1.165) is 19.9 Å². The van der Waals surface area contributed by atoms with Crippen LogP contribution in [0.2, 0.25) is 0 Å². The van der Waals surface area contributed by atoms with Crippen molar-refractivity contribution >= 4 is 33.5 Å². The summed E-state index contributed by atoms with van der Waals surface area (Å²) in [6.45, 7) is -1.45. The van der Waals surface area contributed by atoms with Crippen LogP contribution in [0.4, 0.5) is 23.6 Å². The molecule has 0 unspecified atom stereocenters. The van der Waals surface area contributed by atoms with Gasteiger partial charge >= 0.3 is 12.2 Å². The zero-order valence-electron chi connectivity index (χ0n) is 16.2. The van der Waals surface area contributed by atoms with E-state index in [0.29, 0.717) is 23.9 Å². The van der Waals surface area contributed by atoms with Gasteiger partial charge in [0.1, 0.15) is 17.9 Å². The molecule has 0 spiro atoms. The van der Waals surface area contributed by atoms with Crippen LogP contribution in [0.15, 0.2) is 27.6 Å². The van der Waals surface area contributed by atoms with Crippen LogP contribution in [0, 0.1) is 17.7 Å². The topological polar surface area (TPSA) is 87.8 Å². The van der Waals surface area contributed by atoms with E-state index in [4.69, 9.17) is 4.42 Å². The summed E-state index contributed by atoms with van der Waals surface area (Å²) in [5.41, 5.74) is 0.823. The predicted octanol–water partition coefficient (Wildman–Crippen LogP) is 3.80. The van der Waals surface area contributed by atoms with Crippen molar-refractivity contribution in [1.29, 1.82) is 0 Å². The third-order valence-corrected chi connectivity index (χ3v) is 6.47. The molecule has 1 N–H and O–H groups in total. The van der Waals surface area contributed by atoms with E-state index in [2.05, 4.69) is 14.7 Å². The molecular weight excluding hydrogens is 428 g/mol. The number of nitrogens with zero attached hydrogens (tertiary/aromatic N) is 3. The number of aromatic nitrogens is 1. The molecule has 1 aromatic heterocycles. The van der Waals surface area contributed by atoms with Crippen LogP contribution in [0.3, 0.4) is 0 Å². The Balaban J connectivity index is 1.47. The van der Waals surface area contributed by atoms with Crippen LogP contribution in [-0.4, -0.2) is 50.2 Å². The first-order valence-corrected chi connectivity index (χ1v) is 10.8.